The first-order valence-corrected chi connectivity index (χ1v) is 8.46. The van der Waals surface area contributed by atoms with Crippen LogP contribution in [0.3, 0.4) is 0 Å². The van der Waals surface area contributed by atoms with E-state index >= 15 is 0 Å². The topological polar surface area (TPSA) is 93.3 Å². The summed E-state index contributed by atoms with van der Waals surface area (Å²) in [7, 11) is 0. The summed E-state index contributed by atoms with van der Waals surface area (Å²) >= 11 is 0. The Morgan fingerprint density at radius 1 is 1.28 bits per heavy atom. The Labute approximate surface area is 146 Å². The zero-order valence-corrected chi connectivity index (χ0v) is 14.3. The number of piperidine rings is 1. The first kappa shape index (κ1) is 17.0. The van der Waals surface area contributed by atoms with Crippen LogP contribution in [0.25, 0.3) is 0 Å². The highest BCUT2D eigenvalue weighted by molar-refractivity contribution is 5.90. The molecule has 0 saturated carbocycles. The van der Waals surface area contributed by atoms with Gasteiger partial charge in [-0.2, -0.15) is 5.10 Å². The second-order valence-electron chi connectivity index (χ2n) is 6.51. The predicted octanol–water partition coefficient (Wildman–Crippen LogP) is 2.05. The molecule has 0 unspecified atom stereocenters. The summed E-state index contributed by atoms with van der Waals surface area (Å²) in [6.07, 6.45) is 5.17. The van der Waals surface area contributed by atoms with Crippen LogP contribution >= 0.6 is 0 Å². The van der Waals surface area contributed by atoms with Crippen LogP contribution in [0.15, 0.2) is 42.7 Å². The molecule has 1 aromatic heterocycles. The third kappa shape index (κ3) is 4.17. The molecule has 7 heteroatoms. The number of amides is 3. The Morgan fingerprint density at radius 3 is 2.68 bits per heavy atom. The van der Waals surface area contributed by atoms with Gasteiger partial charge in [-0.05, 0) is 43.5 Å². The number of benzene rings is 1. The number of nitrogens with one attached hydrogen (secondary N) is 1. The van der Waals surface area contributed by atoms with E-state index in [2.05, 4.69) is 10.4 Å². The second kappa shape index (κ2) is 7.38. The third-order valence-corrected chi connectivity index (χ3v) is 4.65. The van der Waals surface area contributed by atoms with Gasteiger partial charge in [-0.25, -0.2) is 4.79 Å². The van der Waals surface area contributed by atoms with E-state index in [1.165, 1.54) is 0 Å². The lowest BCUT2D eigenvalue weighted by Crippen LogP contribution is -2.50. The fraction of sp³-hybridized carbons (Fsp3) is 0.389. The van der Waals surface area contributed by atoms with Crippen LogP contribution in [0.2, 0.25) is 0 Å². The molecule has 0 bridgehead atoms. The van der Waals surface area contributed by atoms with Crippen molar-refractivity contribution in [3.8, 4) is 0 Å². The number of hydrogen-bond donors (Lipinski definition) is 2. The number of carbonyl (C=O) groups is 2. The van der Waals surface area contributed by atoms with Gasteiger partial charge in [0.15, 0.2) is 0 Å². The second-order valence-corrected chi connectivity index (χ2v) is 6.51. The van der Waals surface area contributed by atoms with E-state index in [0.717, 1.165) is 24.1 Å². The third-order valence-electron chi connectivity index (χ3n) is 4.65. The van der Waals surface area contributed by atoms with E-state index in [0.29, 0.717) is 13.1 Å². The molecular weight excluding hydrogens is 318 g/mol. The minimum Gasteiger partial charge on any atom is -0.369 e. The van der Waals surface area contributed by atoms with Crippen molar-refractivity contribution in [3.63, 3.8) is 0 Å². The Balaban J connectivity index is 1.61. The molecule has 1 aliphatic heterocycles. The number of nitrogens with zero attached hydrogens (tertiary/aromatic N) is 3. The van der Waals surface area contributed by atoms with Gasteiger partial charge in [-0.15, -0.1) is 0 Å². The van der Waals surface area contributed by atoms with E-state index in [9.17, 15) is 9.59 Å². The van der Waals surface area contributed by atoms with Crippen LogP contribution in [0.5, 0.6) is 0 Å². The number of urea groups is 1. The highest BCUT2D eigenvalue weighted by Crippen LogP contribution is 2.22. The van der Waals surface area contributed by atoms with Crippen LogP contribution in [-0.4, -0.2) is 39.2 Å². The van der Waals surface area contributed by atoms with Gasteiger partial charge in [-0.1, -0.05) is 12.1 Å². The average molecular weight is 341 g/mol. The van der Waals surface area contributed by atoms with E-state index in [-0.39, 0.29) is 23.9 Å². The number of hydrogen-bond acceptors (Lipinski definition) is 3. The molecular formula is C18H23N5O2. The molecule has 1 saturated heterocycles. The first-order valence-electron chi connectivity index (χ1n) is 8.46. The number of anilines is 1. The molecule has 2 heterocycles. The molecule has 3 rings (SSSR count). The number of aromatic nitrogens is 2. The SMILES string of the molecule is C[C@H]1CC[C@@H](C(N)=O)CN1C(=O)Nc1ccc(Cn2cccn2)cc1. The van der Waals surface area contributed by atoms with E-state index < -0.39 is 0 Å². The van der Waals surface area contributed by atoms with Crippen LogP contribution < -0.4 is 11.1 Å². The summed E-state index contributed by atoms with van der Waals surface area (Å²) in [6, 6.07) is 9.45. The van der Waals surface area contributed by atoms with Gasteiger partial charge in [0.2, 0.25) is 5.91 Å². The first-order chi connectivity index (χ1) is 12.0. The summed E-state index contributed by atoms with van der Waals surface area (Å²) < 4.78 is 1.84. The van der Waals surface area contributed by atoms with Crippen molar-refractivity contribution in [2.24, 2.45) is 11.7 Å². The number of carbonyl (C=O) groups excluding carboxylic acids is 2. The maximum atomic E-state index is 12.5. The molecule has 132 valence electrons. The Hall–Kier alpha value is -2.83. The molecule has 2 atom stereocenters. The smallest absolute Gasteiger partial charge is 0.322 e. The number of rotatable bonds is 4. The van der Waals surface area contributed by atoms with Crippen molar-refractivity contribution in [1.29, 1.82) is 0 Å². The van der Waals surface area contributed by atoms with Gasteiger partial charge in [0, 0.05) is 30.7 Å². The number of likely N-dealkylation sites (tertiary alicyclic amines) is 1. The Morgan fingerprint density at radius 2 is 2.04 bits per heavy atom. The molecule has 3 N–H and O–H groups in total. The van der Waals surface area contributed by atoms with E-state index in [4.69, 9.17) is 5.73 Å². The molecule has 0 aliphatic carbocycles. The van der Waals surface area contributed by atoms with E-state index in [1.54, 1.807) is 11.1 Å². The molecule has 0 spiro atoms. The maximum Gasteiger partial charge on any atom is 0.322 e. The zero-order chi connectivity index (χ0) is 17.8. The van der Waals surface area contributed by atoms with Crippen LogP contribution in [0, 0.1) is 5.92 Å². The molecule has 0 radical (unpaired) electrons. The maximum absolute atomic E-state index is 12.5. The quantitative estimate of drug-likeness (QED) is 0.891. The van der Waals surface area contributed by atoms with Crippen molar-refractivity contribution in [3.05, 3.63) is 48.3 Å². The van der Waals surface area contributed by atoms with Crippen molar-refractivity contribution < 1.29 is 9.59 Å². The minimum atomic E-state index is -0.340. The van der Waals surface area contributed by atoms with Gasteiger partial charge in [0.25, 0.3) is 0 Å². The van der Waals surface area contributed by atoms with Crippen molar-refractivity contribution in [1.82, 2.24) is 14.7 Å². The normalized spacial score (nSPS) is 20.3. The largest absolute Gasteiger partial charge is 0.369 e. The lowest BCUT2D eigenvalue weighted by atomic mass is 9.93. The van der Waals surface area contributed by atoms with Gasteiger partial charge >= 0.3 is 6.03 Å². The summed E-state index contributed by atoms with van der Waals surface area (Å²) in [5, 5.41) is 7.08. The monoisotopic (exact) mass is 341 g/mol. The minimum absolute atomic E-state index is 0.0923. The Kier molecular flexibility index (Phi) is 5.02. The lowest BCUT2D eigenvalue weighted by molar-refractivity contribution is -0.123. The molecule has 1 fully saturated rings. The summed E-state index contributed by atoms with van der Waals surface area (Å²) in [5.41, 5.74) is 7.22. The molecule has 1 aliphatic rings. The van der Waals surface area contributed by atoms with Crippen LogP contribution in [0.4, 0.5) is 10.5 Å². The van der Waals surface area contributed by atoms with Gasteiger partial charge < -0.3 is 16.0 Å². The predicted molar refractivity (Wildman–Crippen MR) is 94.9 cm³/mol. The highest BCUT2D eigenvalue weighted by Gasteiger charge is 2.31. The standard InChI is InChI=1S/C18H23N5O2/c1-13-3-6-15(17(19)24)12-23(13)18(25)21-16-7-4-14(5-8-16)11-22-10-2-9-20-22/h2,4-5,7-10,13,15H,3,6,11-12H2,1H3,(H2,19,24)(H,21,25)/t13-,15+/m0/s1. The molecule has 2 aromatic rings. The lowest BCUT2D eigenvalue weighted by Gasteiger charge is -2.36. The fourth-order valence-corrected chi connectivity index (χ4v) is 3.09. The summed E-state index contributed by atoms with van der Waals surface area (Å²) in [5.74, 6) is -0.605. The molecule has 1 aromatic carbocycles. The molecule has 7 nitrogen and oxygen atoms in total. The molecule has 3 amide bonds. The molecule has 25 heavy (non-hydrogen) atoms. The van der Waals surface area contributed by atoms with Crippen LogP contribution in [-0.2, 0) is 11.3 Å². The van der Waals surface area contributed by atoms with Crippen molar-refractivity contribution in [2.75, 3.05) is 11.9 Å². The average Bonchev–Trinajstić information content (AvgIpc) is 3.09. The fourth-order valence-electron chi connectivity index (χ4n) is 3.09. The number of primary amides is 1. The summed E-state index contributed by atoms with van der Waals surface area (Å²) in [6.45, 7) is 3.05. The van der Waals surface area contributed by atoms with Crippen molar-refractivity contribution >= 4 is 17.6 Å². The van der Waals surface area contributed by atoms with Crippen molar-refractivity contribution in [2.45, 2.75) is 32.4 Å². The number of nitrogens with two attached hydrogens (primary N) is 1. The van der Waals surface area contributed by atoms with Gasteiger partial charge in [0.05, 0.1) is 12.5 Å². The Bertz CT molecular complexity index is 726. The van der Waals surface area contributed by atoms with E-state index in [1.807, 2.05) is 48.1 Å². The highest BCUT2D eigenvalue weighted by atomic mass is 16.2. The summed E-state index contributed by atoms with van der Waals surface area (Å²) in [4.78, 5) is 25.6. The van der Waals surface area contributed by atoms with Gasteiger partial charge in [-0.3, -0.25) is 9.48 Å². The zero-order valence-electron chi connectivity index (χ0n) is 14.3. The van der Waals surface area contributed by atoms with Crippen LogP contribution in [0.1, 0.15) is 25.3 Å². The van der Waals surface area contributed by atoms with Gasteiger partial charge in [0.1, 0.15) is 0 Å².